The van der Waals surface area contributed by atoms with Crippen LogP contribution < -0.4 is 5.73 Å². The van der Waals surface area contributed by atoms with E-state index in [0.29, 0.717) is 28.1 Å². The average molecular weight is 263 g/mol. The fourth-order valence-electron chi connectivity index (χ4n) is 1.28. The Balaban J connectivity index is 2.72. The molecule has 0 aliphatic heterocycles. The van der Waals surface area contributed by atoms with Crippen LogP contribution in [0.15, 0.2) is 18.2 Å². The van der Waals surface area contributed by atoms with Gasteiger partial charge >= 0.3 is 0 Å². The van der Waals surface area contributed by atoms with Crippen LogP contribution in [0.4, 0.5) is 0 Å². The molecule has 0 saturated heterocycles. The van der Waals surface area contributed by atoms with Crippen LogP contribution in [0.25, 0.3) is 0 Å². The molecule has 0 radical (unpaired) electrons. The third-order valence-corrected chi connectivity index (χ3v) is 2.88. The third-order valence-electron chi connectivity index (χ3n) is 1.90. The minimum atomic E-state index is 0.468. The molecule has 82 valence electrons. The second kappa shape index (κ2) is 5.66. The highest BCUT2D eigenvalue weighted by Gasteiger charge is 2.07. The summed E-state index contributed by atoms with van der Waals surface area (Å²) in [7, 11) is 1.93. The van der Waals surface area contributed by atoms with E-state index >= 15 is 0 Å². The first-order valence-electron chi connectivity index (χ1n) is 4.40. The Hall–Kier alpha value is -0.350. The molecule has 1 aromatic carbocycles. The van der Waals surface area contributed by atoms with Crippen molar-refractivity contribution in [1.82, 2.24) is 4.90 Å². The molecule has 1 aromatic rings. The predicted octanol–water partition coefficient (Wildman–Crippen LogP) is 2.71. The van der Waals surface area contributed by atoms with E-state index in [0.717, 1.165) is 5.56 Å². The number of rotatable bonds is 4. The van der Waals surface area contributed by atoms with Gasteiger partial charge in [-0.15, -0.1) is 0 Å². The largest absolute Gasteiger partial charge is 0.392 e. The van der Waals surface area contributed by atoms with Gasteiger partial charge in [0.2, 0.25) is 0 Å². The van der Waals surface area contributed by atoms with E-state index in [9.17, 15) is 0 Å². The molecular weight excluding hydrogens is 251 g/mol. The molecule has 2 nitrogen and oxygen atoms in total. The fourth-order valence-corrected chi connectivity index (χ4v) is 1.88. The Morgan fingerprint density at radius 2 is 2.13 bits per heavy atom. The molecule has 0 fully saturated rings. The topological polar surface area (TPSA) is 29.3 Å². The van der Waals surface area contributed by atoms with E-state index in [4.69, 9.17) is 41.2 Å². The van der Waals surface area contributed by atoms with Crippen molar-refractivity contribution in [2.24, 2.45) is 5.73 Å². The van der Waals surface area contributed by atoms with Gasteiger partial charge in [0, 0.05) is 13.1 Å². The van der Waals surface area contributed by atoms with E-state index in [2.05, 4.69) is 0 Å². The normalized spacial score (nSPS) is 10.7. The van der Waals surface area contributed by atoms with E-state index < -0.39 is 0 Å². The maximum absolute atomic E-state index is 6.05. The minimum absolute atomic E-state index is 0.468. The fraction of sp³-hybridized carbons (Fsp3) is 0.300. The number of hydrogen-bond donors (Lipinski definition) is 1. The Labute approximate surface area is 105 Å². The number of benzene rings is 1. The van der Waals surface area contributed by atoms with E-state index in [1.54, 1.807) is 6.07 Å². The van der Waals surface area contributed by atoms with Gasteiger partial charge < -0.3 is 5.73 Å². The standard InChI is InChI=1S/C10H12Cl2N2S/c1-14(6-9(13)15)5-7-3-2-4-8(11)10(7)12/h2-4H,5-6H2,1H3,(H2,13,15). The van der Waals surface area contributed by atoms with Crippen LogP contribution in [0.2, 0.25) is 10.0 Å². The average Bonchev–Trinajstić information content (AvgIpc) is 2.11. The molecule has 0 saturated carbocycles. The number of likely N-dealkylation sites (N-methyl/N-ethyl adjacent to an activating group) is 1. The van der Waals surface area contributed by atoms with Crippen LogP contribution in [-0.2, 0) is 6.54 Å². The van der Waals surface area contributed by atoms with Gasteiger partial charge in [-0.2, -0.15) is 0 Å². The number of halogens is 2. The van der Waals surface area contributed by atoms with Crippen LogP contribution >= 0.6 is 35.4 Å². The van der Waals surface area contributed by atoms with E-state index in [1.165, 1.54) is 0 Å². The Morgan fingerprint density at radius 3 is 2.73 bits per heavy atom. The molecule has 0 bridgehead atoms. The molecular formula is C10H12Cl2N2S. The minimum Gasteiger partial charge on any atom is -0.392 e. The van der Waals surface area contributed by atoms with Crippen molar-refractivity contribution < 1.29 is 0 Å². The maximum atomic E-state index is 6.05. The van der Waals surface area contributed by atoms with Gasteiger partial charge in [0.25, 0.3) is 0 Å². The van der Waals surface area contributed by atoms with Gasteiger partial charge in [0.1, 0.15) is 0 Å². The van der Waals surface area contributed by atoms with Crippen molar-refractivity contribution in [3.63, 3.8) is 0 Å². The first-order valence-corrected chi connectivity index (χ1v) is 5.57. The monoisotopic (exact) mass is 262 g/mol. The van der Waals surface area contributed by atoms with Crippen LogP contribution in [0, 0.1) is 0 Å². The molecule has 5 heteroatoms. The highest BCUT2D eigenvalue weighted by atomic mass is 35.5. The van der Waals surface area contributed by atoms with Crippen molar-refractivity contribution in [1.29, 1.82) is 0 Å². The number of nitrogens with two attached hydrogens (primary N) is 1. The smallest absolute Gasteiger partial charge is 0.0870 e. The van der Waals surface area contributed by atoms with Crippen LogP contribution in [0.5, 0.6) is 0 Å². The molecule has 0 amide bonds. The summed E-state index contributed by atoms with van der Waals surface area (Å²) in [4.78, 5) is 2.45. The molecule has 0 spiro atoms. The van der Waals surface area contributed by atoms with Gasteiger partial charge in [-0.3, -0.25) is 4.90 Å². The summed E-state index contributed by atoms with van der Waals surface area (Å²) in [6, 6.07) is 5.57. The molecule has 2 N–H and O–H groups in total. The maximum Gasteiger partial charge on any atom is 0.0870 e. The highest BCUT2D eigenvalue weighted by molar-refractivity contribution is 7.80. The van der Waals surface area contributed by atoms with Crippen molar-refractivity contribution in [2.45, 2.75) is 6.54 Å². The first-order chi connectivity index (χ1) is 7.00. The lowest BCUT2D eigenvalue weighted by molar-refractivity contribution is 0.375. The van der Waals surface area contributed by atoms with Crippen molar-refractivity contribution in [3.05, 3.63) is 33.8 Å². The summed E-state index contributed by atoms with van der Waals surface area (Å²) in [6.07, 6.45) is 0. The zero-order valence-electron chi connectivity index (χ0n) is 8.34. The van der Waals surface area contributed by atoms with Crippen LogP contribution in [0.1, 0.15) is 5.56 Å². The SMILES string of the molecule is CN(CC(N)=S)Cc1cccc(Cl)c1Cl. The second-order valence-electron chi connectivity index (χ2n) is 3.35. The van der Waals surface area contributed by atoms with Gasteiger partial charge in [0.05, 0.1) is 15.0 Å². The van der Waals surface area contributed by atoms with Gasteiger partial charge in [-0.1, -0.05) is 47.6 Å². The highest BCUT2D eigenvalue weighted by Crippen LogP contribution is 2.26. The van der Waals surface area contributed by atoms with Gasteiger partial charge in [0.15, 0.2) is 0 Å². The van der Waals surface area contributed by atoms with E-state index in [-0.39, 0.29) is 0 Å². The van der Waals surface area contributed by atoms with Crippen LogP contribution in [-0.4, -0.2) is 23.5 Å². The number of hydrogen-bond acceptors (Lipinski definition) is 2. The van der Waals surface area contributed by atoms with Crippen LogP contribution in [0.3, 0.4) is 0 Å². The number of nitrogens with zero attached hydrogens (tertiary/aromatic N) is 1. The molecule has 0 aliphatic rings. The lowest BCUT2D eigenvalue weighted by Crippen LogP contribution is -2.29. The molecule has 0 aliphatic carbocycles. The lowest BCUT2D eigenvalue weighted by atomic mass is 10.2. The summed E-state index contributed by atoms with van der Waals surface area (Å²) >= 11 is 16.8. The molecule has 0 aromatic heterocycles. The quantitative estimate of drug-likeness (QED) is 0.847. The molecule has 0 unspecified atom stereocenters. The first kappa shape index (κ1) is 12.7. The molecule has 0 heterocycles. The summed E-state index contributed by atoms with van der Waals surface area (Å²) < 4.78 is 0. The summed E-state index contributed by atoms with van der Waals surface area (Å²) in [5.74, 6) is 0. The molecule has 15 heavy (non-hydrogen) atoms. The van der Waals surface area contributed by atoms with Crippen molar-refractivity contribution in [2.75, 3.05) is 13.6 Å². The van der Waals surface area contributed by atoms with Gasteiger partial charge in [-0.05, 0) is 18.7 Å². The lowest BCUT2D eigenvalue weighted by Gasteiger charge is -2.16. The van der Waals surface area contributed by atoms with E-state index in [1.807, 2.05) is 24.1 Å². The van der Waals surface area contributed by atoms with Gasteiger partial charge in [-0.25, -0.2) is 0 Å². The second-order valence-corrected chi connectivity index (χ2v) is 4.66. The van der Waals surface area contributed by atoms with Crippen molar-refractivity contribution in [3.8, 4) is 0 Å². The third kappa shape index (κ3) is 3.95. The summed E-state index contributed by atoms with van der Waals surface area (Å²) in [5.41, 5.74) is 6.42. The number of thiocarbonyl (C=S) groups is 1. The zero-order valence-corrected chi connectivity index (χ0v) is 10.7. The predicted molar refractivity (Wildman–Crippen MR) is 69.6 cm³/mol. The summed E-state index contributed by atoms with van der Waals surface area (Å²) in [6.45, 7) is 1.24. The van der Waals surface area contributed by atoms with Crippen molar-refractivity contribution >= 4 is 40.4 Å². The molecule has 0 atom stereocenters. The Morgan fingerprint density at radius 1 is 1.47 bits per heavy atom. The Bertz CT molecular complexity index is 368. The molecule has 1 rings (SSSR count). The zero-order chi connectivity index (χ0) is 11.4. The summed E-state index contributed by atoms with van der Waals surface area (Å²) in [5, 5.41) is 1.16. The Kier molecular flexibility index (Phi) is 4.80.